The van der Waals surface area contributed by atoms with Crippen LogP contribution in [0.4, 0.5) is 13.2 Å². The summed E-state index contributed by atoms with van der Waals surface area (Å²) in [4.78, 5) is 9.48. The average Bonchev–Trinajstić information content (AvgIpc) is 3.09. The lowest BCUT2D eigenvalue weighted by molar-refractivity contribution is -0.146. The SMILES string of the molecule is FC(F)(F)c1noc(CN2CCC[C@H](c3ncn[nH]3)C2)n1. The number of likely N-dealkylation sites (tertiary alicyclic amines) is 1. The maximum atomic E-state index is 12.4. The molecule has 114 valence electrons. The zero-order valence-corrected chi connectivity index (χ0v) is 11.0. The minimum atomic E-state index is -4.58. The largest absolute Gasteiger partial charge is 0.455 e. The van der Waals surface area contributed by atoms with Crippen LogP contribution in [-0.2, 0) is 12.7 Å². The van der Waals surface area contributed by atoms with Gasteiger partial charge in [0.2, 0.25) is 5.89 Å². The predicted molar refractivity (Wildman–Crippen MR) is 62.9 cm³/mol. The van der Waals surface area contributed by atoms with Crippen molar-refractivity contribution >= 4 is 0 Å². The lowest BCUT2D eigenvalue weighted by Gasteiger charge is -2.30. The van der Waals surface area contributed by atoms with E-state index in [1.165, 1.54) is 6.33 Å². The zero-order chi connectivity index (χ0) is 14.9. The summed E-state index contributed by atoms with van der Waals surface area (Å²) in [5.74, 6) is -0.283. The quantitative estimate of drug-likeness (QED) is 0.927. The van der Waals surface area contributed by atoms with E-state index >= 15 is 0 Å². The lowest BCUT2D eigenvalue weighted by atomic mass is 9.97. The molecule has 0 spiro atoms. The highest BCUT2D eigenvalue weighted by Gasteiger charge is 2.37. The molecule has 1 atom stereocenters. The summed E-state index contributed by atoms with van der Waals surface area (Å²) in [6.07, 6.45) is -1.25. The topological polar surface area (TPSA) is 83.7 Å². The van der Waals surface area contributed by atoms with Crippen molar-refractivity contribution in [3.8, 4) is 0 Å². The van der Waals surface area contributed by atoms with Crippen LogP contribution in [0.25, 0.3) is 0 Å². The van der Waals surface area contributed by atoms with E-state index in [1.807, 2.05) is 4.90 Å². The first-order valence-electron chi connectivity index (χ1n) is 6.50. The van der Waals surface area contributed by atoms with Gasteiger partial charge in [0.25, 0.3) is 5.82 Å². The Kier molecular flexibility index (Phi) is 3.62. The van der Waals surface area contributed by atoms with Gasteiger partial charge in [0.05, 0.1) is 6.54 Å². The molecule has 0 radical (unpaired) electrons. The van der Waals surface area contributed by atoms with Crippen molar-refractivity contribution in [3.63, 3.8) is 0 Å². The minimum absolute atomic E-state index is 0.0273. The lowest BCUT2D eigenvalue weighted by Crippen LogP contribution is -2.34. The highest BCUT2D eigenvalue weighted by atomic mass is 19.4. The smallest absolute Gasteiger partial charge is 0.338 e. The van der Waals surface area contributed by atoms with Crippen molar-refractivity contribution in [1.29, 1.82) is 0 Å². The number of rotatable bonds is 3. The van der Waals surface area contributed by atoms with E-state index in [9.17, 15) is 13.2 Å². The first kappa shape index (κ1) is 14.0. The molecule has 1 N–H and O–H groups in total. The molecule has 3 rings (SSSR count). The van der Waals surface area contributed by atoms with Crippen molar-refractivity contribution in [2.75, 3.05) is 13.1 Å². The van der Waals surface area contributed by atoms with Crippen LogP contribution in [0, 0.1) is 0 Å². The molecule has 21 heavy (non-hydrogen) atoms. The predicted octanol–water partition coefficient (Wildman–Crippen LogP) is 1.59. The van der Waals surface area contributed by atoms with Gasteiger partial charge in [-0.1, -0.05) is 5.16 Å². The summed E-state index contributed by atoms with van der Waals surface area (Å²) >= 11 is 0. The molecule has 0 unspecified atom stereocenters. The van der Waals surface area contributed by atoms with Gasteiger partial charge < -0.3 is 4.52 Å². The summed E-state index contributed by atoms with van der Waals surface area (Å²) in [7, 11) is 0. The second-order valence-corrected chi connectivity index (χ2v) is 4.95. The Balaban J connectivity index is 1.63. The number of nitrogens with zero attached hydrogens (tertiary/aromatic N) is 5. The van der Waals surface area contributed by atoms with Crippen LogP contribution in [0.1, 0.15) is 36.3 Å². The van der Waals surface area contributed by atoms with Crippen molar-refractivity contribution in [2.24, 2.45) is 0 Å². The number of nitrogens with one attached hydrogen (secondary N) is 1. The van der Waals surface area contributed by atoms with Gasteiger partial charge in [-0.15, -0.1) is 0 Å². The Labute approximate surface area is 117 Å². The van der Waals surface area contributed by atoms with Gasteiger partial charge in [-0.3, -0.25) is 10.00 Å². The molecular weight excluding hydrogens is 289 g/mol. The van der Waals surface area contributed by atoms with Crippen LogP contribution >= 0.6 is 0 Å². The van der Waals surface area contributed by atoms with E-state index in [0.29, 0.717) is 6.54 Å². The molecule has 1 aliphatic rings. The maximum absolute atomic E-state index is 12.4. The van der Waals surface area contributed by atoms with Gasteiger partial charge in [-0.25, -0.2) is 4.98 Å². The molecule has 2 aromatic rings. The molecule has 7 nitrogen and oxygen atoms in total. The monoisotopic (exact) mass is 302 g/mol. The van der Waals surface area contributed by atoms with Gasteiger partial charge in [0, 0.05) is 12.5 Å². The Morgan fingerprint density at radius 3 is 2.95 bits per heavy atom. The third-order valence-electron chi connectivity index (χ3n) is 3.41. The zero-order valence-electron chi connectivity index (χ0n) is 11.0. The summed E-state index contributed by atoms with van der Waals surface area (Å²) in [5.41, 5.74) is 0. The van der Waals surface area contributed by atoms with Gasteiger partial charge in [0.15, 0.2) is 0 Å². The van der Waals surface area contributed by atoms with Gasteiger partial charge in [-0.05, 0) is 19.4 Å². The van der Waals surface area contributed by atoms with Crippen molar-refractivity contribution in [1.82, 2.24) is 30.2 Å². The number of aromatic nitrogens is 5. The molecule has 0 bridgehead atoms. The molecule has 0 aromatic carbocycles. The van der Waals surface area contributed by atoms with Crippen LogP contribution in [0.5, 0.6) is 0 Å². The fourth-order valence-electron chi connectivity index (χ4n) is 2.46. The molecule has 1 aliphatic heterocycles. The molecular formula is C11H13F3N6O. The van der Waals surface area contributed by atoms with Crippen molar-refractivity contribution in [3.05, 3.63) is 23.9 Å². The standard InChI is InChI=1S/C11H13F3N6O/c12-11(13,14)10-17-8(21-19-10)5-20-3-1-2-7(4-20)9-15-6-16-18-9/h6-7H,1-5H2,(H,15,16,18)/t7-/m0/s1. The summed E-state index contributed by atoms with van der Waals surface area (Å²) < 4.78 is 41.9. The van der Waals surface area contributed by atoms with E-state index < -0.39 is 12.0 Å². The van der Waals surface area contributed by atoms with Gasteiger partial charge >= 0.3 is 6.18 Å². The third-order valence-corrected chi connectivity index (χ3v) is 3.41. The minimum Gasteiger partial charge on any atom is -0.338 e. The number of alkyl halides is 3. The van der Waals surface area contributed by atoms with E-state index in [2.05, 4.69) is 29.8 Å². The van der Waals surface area contributed by atoms with E-state index in [1.54, 1.807) is 0 Å². The molecule has 0 saturated carbocycles. The molecule has 3 heterocycles. The number of hydrogen-bond donors (Lipinski definition) is 1. The van der Waals surface area contributed by atoms with E-state index in [0.717, 1.165) is 25.2 Å². The fraction of sp³-hybridized carbons (Fsp3) is 0.636. The van der Waals surface area contributed by atoms with Crippen LogP contribution in [-0.4, -0.2) is 43.3 Å². The summed E-state index contributed by atoms with van der Waals surface area (Å²) in [6.45, 7) is 1.64. The molecule has 1 fully saturated rings. The molecule has 0 amide bonds. The molecule has 10 heteroatoms. The average molecular weight is 302 g/mol. The first-order chi connectivity index (χ1) is 10.0. The third kappa shape index (κ3) is 3.20. The Hall–Kier alpha value is -1.97. The second kappa shape index (κ2) is 5.43. The Morgan fingerprint density at radius 1 is 1.43 bits per heavy atom. The van der Waals surface area contributed by atoms with Gasteiger partial charge in [-0.2, -0.15) is 23.3 Å². The molecule has 0 aliphatic carbocycles. The van der Waals surface area contributed by atoms with Crippen LogP contribution in [0.3, 0.4) is 0 Å². The second-order valence-electron chi connectivity index (χ2n) is 4.95. The number of hydrogen-bond acceptors (Lipinski definition) is 6. The summed E-state index contributed by atoms with van der Waals surface area (Å²) in [5, 5.41) is 9.60. The maximum Gasteiger partial charge on any atom is 0.455 e. The number of aromatic amines is 1. The van der Waals surface area contributed by atoms with E-state index in [4.69, 9.17) is 0 Å². The molecule has 1 saturated heterocycles. The van der Waals surface area contributed by atoms with Gasteiger partial charge in [0.1, 0.15) is 12.2 Å². The van der Waals surface area contributed by atoms with Crippen LogP contribution < -0.4 is 0 Å². The number of halogens is 3. The fourth-order valence-corrected chi connectivity index (χ4v) is 2.46. The Morgan fingerprint density at radius 2 is 2.29 bits per heavy atom. The van der Waals surface area contributed by atoms with Crippen LogP contribution in [0.2, 0.25) is 0 Å². The van der Waals surface area contributed by atoms with Crippen molar-refractivity contribution < 1.29 is 17.7 Å². The highest BCUT2D eigenvalue weighted by Crippen LogP contribution is 2.28. The number of piperidine rings is 1. The van der Waals surface area contributed by atoms with E-state index in [-0.39, 0.29) is 18.4 Å². The molecule has 2 aromatic heterocycles. The first-order valence-corrected chi connectivity index (χ1v) is 6.50. The number of H-pyrrole nitrogens is 1. The Bertz CT molecular complexity index is 581. The van der Waals surface area contributed by atoms with Crippen LogP contribution in [0.15, 0.2) is 10.9 Å². The summed E-state index contributed by atoms with van der Waals surface area (Å²) in [6, 6.07) is 0. The highest BCUT2D eigenvalue weighted by molar-refractivity contribution is 4.98. The normalized spacial score (nSPS) is 20.8. The van der Waals surface area contributed by atoms with Crippen molar-refractivity contribution in [2.45, 2.75) is 31.5 Å².